The van der Waals surface area contributed by atoms with E-state index in [-0.39, 0.29) is 28.4 Å². The molecular formula is C24H22ClFN6O3. The molecule has 2 aromatic carbocycles. The Hall–Kier alpha value is -3.79. The molecule has 0 aliphatic carbocycles. The van der Waals surface area contributed by atoms with Crippen LogP contribution in [-0.4, -0.2) is 37.5 Å². The molecule has 0 saturated carbocycles. The van der Waals surface area contributed by atoms with Gasteiger partial charge in [-0.25, -0.2) is 18.9 Å². The molecule has 0 fully saturated rings. The lowest BCUT2D eigenvalue weighted by molar-refractivity contribution is 0.135. The average Bonchev–Trinajstić information content (AvgIpc) is 3.33. The van der Waals surface area contributed by atoms with Crippen LogP contribution in [0.1, 0.15) is 44.0 Å². The molecule has 2 N–H and O–H groups in total. The lowest BCUT2D eigenvalue weighted by atomic mass is 9.90. The summed E-state index contributed by atoms with van der Waals surface area (Å²) in [5.41, 5.74) is 3.10. The Morgan fingerprint density at radius 1 is 1.23 bits per heavy atom. The molecule has 3 heterocycles. The molecule has 0 radical (unpaired) electrons. The summed E-state index contributed by atoms with van der Waals surface area (Å²) in [5, 5.41) is 17.3. The molecule has 9 nitrogen and oxygen atoms in total. The number of fused-ring (bicyclic) bond motifs is 2. The number of amides is 2. The molecule has 0 saturated heterocycles. The van der Waals surface area contributed by atoms with Crippen LogP contribution in [0.2, 0.25) is 5.02 Å². The van der Waals surface area contributed by atoms with Crippen molar-refractivity contribution in [2.45, 2.75) is 45.2 Å². The van der Waals surface area contributed by atoms with E-state index in [4.69, 9.17) is 16.2 Å². The summed E-state index contributed by atoms with van der Waals surface area (Å²) < 4.78 is 20.0. The molecule has 180 valence electrons. The number of aromatic nitrogens is 4. The van der Waals surface area contributed by atoms with E-state index >= 15 is 4.39 Å². The van der Waals surface area contributed by atoms with E-state index in [2.05, 4.69) is 25.8 Å². The van der Waals surface area contributed by atoms with Crippen LogP contribution in [-0.2, 0) is 6.42 Å². The number of carbonyl (C=O) groups excluding carboxylic acids is 1. The highest BCUT2D eigenvalue weighted by Gasteiger charge is 2.37. The van der Waals surface area contributed by atoms with Gasteiger partial charge in [-0.05, 0) is 53.3 Å². The van der Waals surface area contributed by atoms with Crippen LogP contribution >= 0.6 is 11.6 Å². The maximum absolute atomic E-state index is 15.2. The number of nitrogens with zero attached hydrogens (tertiary/aromatic N) is 4. The van der Waals surface area contributed by atoms with Gasteiger partial charge >= 0.3 is 6.03 Å². The first-order chi connectivity index (χ1) is 16.9. The van der Waals surface area contributed by atoms with Gasteiger partial charge in [0.1, 0.15) is 16.9 Å². The van der Waals surface area contributed by atoms with Crippen molar-refractivity contribution < 1.29 is 13.8 Å². The van der Waals surface area contributed by atoms with Crippen LogP contribution in [0.4, 0.5) is 14.9 Å². The van der Waals surface area contributed by atoms with Crippen LogP contribution < -0.4 is 10.9 Å². The molecule has 2 amide bonds. The first-order valence-electron chi connectivity index (χ1n) is 11.3. The van der Waals surface area contributed by atoms with Gasteiger partial charge in [0.15, 0.2) is 0 Å². The second-order valence-electron chi connectivity index (χ2n) is 8.42. The number of hydrogen-bond acceptors (Lipinski definition) is 6. The number of anilines is 1. The molecule has 2 aromatic heterocycles. The van der Waals surface area contributed by atoms with Gasteiger partial charge in [-0.3, -0.25) is 4.79 Å². The van der Waals surface area contributed by atoms with Crippen LogP contribution in [0.15, 0.2) is 45.8 Å². The van der Waals surface area contributed by atoms with E-state index in [1.165, 1.54) is 18.2 Å². The van der Waals surface area contributed by atoms with Gasteiger partial charge in [0.2, 0.25) is 0 Å². The zero-order valence-corrected chi connectivity index (χ0v) is 19.8. The second kappa shape index (κ2) is 9.10. The van der Waals surface area contributed by atoms with E-state index in [9.17, 15) is 9.59 Å². The highest BCUT2D eigenvalue weighted by molar-refractivity contribution is 6.34. The summed E-state index contributed by atoms with van der Waals surface area (Å²) in [6, 6.07) is 8.38. The predicted molar refractivity (Wildman–Crippen MR) is 129 cm³/mol. The largest absolute Gasteiger partial charge is 0.322 e. The Morgan fingerprint density at radius 2 is 2.06 bits per heavy atom. The Bertz CT molecular complexity index is 1490. The summed E-state index contributed by atoms with van der Waals surface area (Å²) >= 11 is 6.51. The number of halogens is 2. The number of H-pyrrole nitrogens is 1. The average molecular weight is 497 g/mol. The van der Waals surface area contributed by atoms with Crippen molar-refractivity contribution in [1.82, 2.24) is 25.4 Å². The molecular weight excluding hydrogens is 475 g/mol. The van der Waals surface area contributed by atoms with Gasteiger partial charge in [0, 0.05) is 23.2 Å². The minimum atomic E-state index is -0.646. The second-order valence-corrected chi connectivity index (χ2v) is 8.83. The Labute approximate surface area is 204 Å². The van der Waals surface area contributed by atoms with Gasteiger partial charge in [-0.15, -0.1) is 0 Å². The van der Waals surface area contributed by atoms with E-state index in [1.807, 2.05) is 13.8 Å². The highest BCUT2D eigenvalue weighted by Crippen LogP contribution is 2.37. The van der Waals surface area contributed by atoms with Crippen molar-refractivity contribution >= 4 is 34.4 Å². The third-order valence-corrected chi connectivity index (χ3v) is 6.70. The Kier molecular flexibility index (Phi) is 5.98. The quantitative estimate of drug-likeness (QED) is 0.406. The normalized spacial score (nSPS) is 17.4. The van der Waals surface area contributed by atoms with Crippen LogP contribution in [0, 0.1) is 5.82 Å². The minimum Gasteiger partial charge on any atom is -0.313 e. The molecule has 0 spiro atoms. The van der Waals surface area contributed by atoms with Crippen LogP contribution in [0.25, 0.3) is 22.2 Å². The maximum Gasteiger partial charge on any atom is 0.322 e. The monoisotopic (exact) mass is 496 g/mol. The zero-order valence-electron chi connectivity index (χ0n) is 19.0. The Balaban J connectivity index is 1.47. The third-order valence-electron chi connectivity index (χ3n) is 6.39. The van der Waals surface area contributed by atoms with Crippen molar-refractivity contribution in [3.8, 4) is 11.1 Å². The number of aromatic amines is 1. The number of rotatable bonds is 4. The molecule has 35 heavy (non-hydrogen) atoms. The van der Waals surface area contributed by atoms with Gasteiger partial charge < -0.3 is 10.2 Å². The zero-order chi connectivity index (χ0) is 24.7. The van der Waals surface area contributed by atoms with E-state index in [1.54, 1.807) is 23.1 Å². The maximum atomic E-state index is 15.2. The SMILES string of the molecule is CCC1Cc2cc(=O)[nH]nc2C(CC)N1C(=O)Nc1cc(Cl)c(-c2cccc3nonc23)cc1F. The van der Waals surface area contributed by atoms with Gasteiger partial charge in [0.25, 0.3) is 5.56 Å². The molecule has 5 rings (SSSR count). The van der Waals surface area contributed by atoms with Crippen LogP contribution in [0.5, 0.6) is 0 Å². The van der Waals surface area contributed by atoms with Crippen molar-refractivity contribution in [3.05, 3.63) is 68.8 Å². The molecule has 0 bridgehead atoms. The van der Waals surface area contributed by atoms with Crippen molar-refractivity contribution in [2.24, 2.45) is 0 Å². The standard InChI is InChI=1S/C24H22ClFN6O3/c1-3-13-8-12-9-21(33)28-29-22(12)20(4-2)32(13)24(34)27-19-11-16(25)15(10-17(19)26)14-6-5-7-18-23(14)31-35-30-18/h5-7,9-11,13,20H,3-4,8H2,1-2H3,(H,27,34)(H,28,33). The molecule has 11 heteroatoms. The fraction of sp³-hybridized carbons (Fsp3) is 0.292. The summed E-state index contributed by atoms with van der Waals surface area (Å²) in [7, 11) is 0. The first kappa shape index (κ1) is 23.0. The van der Waals surface area contributed by atoms with Crippen molar-refractivity contribution in [1.29, 1.82) is 0 Å². The number of hydrogen-bond donors (Lipinski definition) is 2. The summed E-state index contributed by atoms with van der Waals surface area (Å²) in [4.78, 5) is 26.9. The number of benzene rings is 2. The molecule has 2 atom stereocenters. The van der Waals surface area contributed by atoms with Crippen molar-refractivity contribution in [2.75, 3.05) is 5.32 Å². The smallest absolute Gasteiger partial charge is 0.313 e. The van der Waals surface area contributed by atoms with E-state index < -0.39 is 11.8 Å². The summed E-state index contributed by atoms with van der Waals surface area (Å²) in [5.74, 6) is -0.646. The summed E-state index contributed by atoms with van der Waals surface area (Å²) in [6.07, 6.45) is 1.73. The van der Waals surface area contributed by atoms with Gasteiger partial charge in [-0.1, -0.05) is 37.6 Å². The number of nitrogens with one attached hydrogen (secondary N) is 2. The fourth-order valence-electron chi connectivity index (χ4n) is 4.73. The first-order valence-corrected chi connectivity index (χ1v) is 11.7. The molecule has 1 aliphatic heterocycles. The van der Waals surface area contributed by atoms with E-state index in [0.717, 1.165) is 5.56 Å². The molecule has 1 aliphatic rings. The Morgan fingerprint density at radius 3 is 2.83 bits per heavy atom. The van der Waals surface area contributed by atoms with E-state index in [0.29, 0.717) is 47.1 Å². The van der Waals surface area contributed by atoms with Crippen molar-refractivity contribution in [3.63, 3.8) is 0 Å². The number of carbonyl (C=O) groups is 1. The van der Waals surface area contributed by atoms with Gasteiger partial charge in [-0.2, -0.15) is 5.10 Å². The predicted octanol–water partition coefficient (Wildman–Crippen LogP) is 5.09. The number of urea groups is 1. The summed E-state index contributed by atoms with van der Waals surface area (Å²) in [6.45, 7) is 3.90. The minimum absolute atomic E-state index is 0.0425. The molecule has 2 unspecified atom stereocenters. The lowest BCUT2D eigenvalue weighted by Crippen LogP contribution is -2.49. The fourth-order valence-corrected chi connectivity index (χ4v) is 5.00. The van der Waals surface area contributed by atoms with Crippen LogP contribution in [0.3, 0.4) is 0 Å². The topological polar surface area (TPSA) is 117 Å². The third kappa shape index (κ3) is 4.03. The highest BCUT2D eigenvalue weighted by atomic mass is 35.5. The lowest BCUT2D eigenvalue weighted by Gasteiger charge is -2.41. The van der Waals surface area contributed by atoms with Gasteiger partial charge in [0.05, 0.1) is 22.4 Å². The molecule has 4 aromatic rings.